The first-order valence-electron chi connectivity index (χ1n) is 5.67. The second kappa shape index (κ2) is 4.53. The Hall–Kier alpha value is -2.29. The van der Waals surface area contributed by atoms with Gasteiger partial charge in [-0.05, 0) is 24.3 Å². The molecule has 0 aliphatic heterocycles. The molecule has 0 spiro atoms. The Morgan fingerprint density at radius 2 is 1.83 bits per heavy atom. The standard InChI is InChI=1S/C15H11FO2/c16-13-7-4-8-14-15(13)11(10-18-14)9-17-12-5-2-1-3-6-12/h1-8,10H,9H2. The monoisotopic (exact) mass is 242 g/mol. The van der Waals surface area contributed by atoms with Gasteiger partial charge in [0, 0.05) is 5.56 Å². The smallest absolute Gasteiger partial charge is 0.137 e. The van der Waals surface area contributed by atoms with E-state index in [2.05, 4.69) is 0 Å². The predicted octanol–water partition coefficient (Wildman–Crippen LogP) is 4.15. The van der Waals surface area contributed by atoms with Crippen LogP contribution in [0.2, 0.25) is 0 Å². The van der Waals surface area contributed by atoms with Crippen LogP contribution in [0.15, 0.2) is 59.2 Å². The minimum atomic E-state index is -0.284. The molecule has 3 rings (SSSR count). The minimum absolute atomic E-state index is 0.284. The molecular formula is C15H11FO2. The largest absolute Gasteiger partial charge is 0.489 e. The summed E-state index contributed by atoms with van der Waals surface area (Å²) in [6, 6.07) is 14.2. The molecule has 0 saturated heterocycles. The number of benzene rings is 2. The van der Waals surface area contributed by atoms with Gasteiger partial charge in [-0.25, -0.2) is 4.39 Å². The normalized spacial score (nSPS) is 10.7. The summed E-state index contributed by atoms with van der Waals surface area (Å²) >= 11 is 0. The third-order valence-corrected chi connectivity index (χ3v) is 2.76. The van der Waals surface area contributed by atoms with E-state index in [0.29, 0.717) is 16.5 Å². The molecule has 3 heteroatoms. The van der Waals surface area contributed by atoms with E-state index in [1.807, 2.05) is 30.3 Å². The molecule has 2 aromatic carbocycles. The number of hydrogen-bond donors (Lipinski definition) is 0. The molecule has 0 saturated carbocycles. The maximum atomic E-state index is 13.7. The maximum absolute atomic E-state index is 13.7. The molecule has 0 atom stereocenters. The molecule has 0 radical (unpaired) electrons. The molecule has 1 heterocycles. The zero-order valence-corrected chi connectivity index (χ0v) is 9.60. The second-order valence-electron chi connectivity index (χ2n) is 3.98. The van der Waals surface area contributed by atoms with Crippen molar-refractivity contribution in [2.45, 2.75) is 6.61 Å². The number of ether oxygens (including phenoxy) is 1. The van der Waals surface area contributed by atoms with Crippen molar-refractivity contribution in [1.29, 1.82) is 0 Å². The lowest BCUT2D eigenvalue weighted by molar-refractivity contribution is 0.305. The van der Waals surface area contributed by atoms with Crippen LogP contribution in [0.25, 0.3) is 11.0 Å². The predicted molar refractivity (Wildman–Crippen MR) is 66.9 cm³/mol. The second-order valence-corrected chi connectivity index (χ2v) is 3.98. The lowest BCUT2D eigenvalue weighted by Gasteiger charge is -2.04. The highest BCUT2D eigenvalue weighted by Crippen LogP contribution is 2.25. The summed E-state index contributed by atoms with van der Waals surface area (Å²) in [4.78, 5) is 0. The molecule has 0 fully saturated rings. The molecular weight excluding hydrogens is 231 g/mol. The zero-order valence-electron chi connectivity index (χ0n) is 9.60. The molecule has 2 nitrogen and oxygen atoms in total. The summed E-state index contributed by atoms with van der Waals surface area (Å²) in [5.74, 6) is 0.469. The summed E-state index contributed by atoms with van der Waals surface area (Å²) in [6.07, 6.45) is 1.54. The number of rotatable bonds is 3. The average Bonchev–Trinajstić information content (AvgIpc) is 2.82. The Morgan fingerprint density at radius 3 is 2.67 bits per heavy atom. The van der Waals surface area contributed by atoms with Crippen molar-refractivity contribution in [3.05, 3.63) is 66.2 Å². The van der Waals surface area contributed by atoms with E-state index in [-0.39, 0.29) is 12.4 Å². The Kier molecular flexibility index (Phi) is 2.73. The number of hydrogen-bond acceptors (Lipinski definition) is 2. The molecule has 1 aromatic heterocycles. The highest BCUT2D eigenvalue weighted by Gasteiger charge is 2.10. The fourth-order valence-corrected chi connectivity index (χ4v) is 1.89. The first kappa shape index (κ1) is 10.8. The Labute approximate surface area is 104 Å². The lowest BCUT2D eigenvalue weighted by Crippen LogP contribution is -1.94. The van der Waals surface area contributed by atoms with E-state index in [0.717, 1.165) is 5.75 Å². The lowest BCUT2D eigenvalue weighted by atomic mass is 10.2. The number of para-hydroxylation sites is 1. The fourth-order valence-electron chi connectivity index (χ4n) is 1.89. The molecule has 0 unspecified atom stereocenters. The van der Waals surface area contributed by atoms with Gasteiger partial charge in [-0.1, -0.05) is 24.3 Å². The van der Waals surface area contributed by atoms with Gasteiger partial charge in [-0.3, -0.25) is 0 Å². The van der Waals surface area contributed by atoms with Gasteiger partial charge in [0.15, 0.2) is 0 Å². The molecule has 90 valence electrons. The van der Waals surface area contributed by atoms with Crippen LogP contribution in [0.5, 0.6) is 5.75 Å². The Balaban J connectivity index is 1.87. The van der Waals surface area contributed by atoms with Gasteiger partial charge >= 0.3 is 0 Å². The SMILES string of the molecule is Fc1cccc2occ(COc3ccccc3)c12. The van der Waals surface area contributed by atoms with Crippen molar-refractivity contribution in [1.82, 2.24) is 0 Å². The summed E-state index contributed by atoms with van der Waals surface area (Å²) in [6.45, 7) is 0.290. The molecule has 0 aliphatic rings. The molecule has 0 aliphatic carbocycles. The molecule has 0 amide bonds. The van der Waals surface area contributed by atoms with Crippen LogP contribution in [0.1, 0.15) is 5.56 Å². The van der Waals surface area contributed by atoms with E-state index in [1.54, 1.807) is 12.1 Å². The van der Waals surface area contributed by atoms with Gasteiger partial charge in [0.1, 0.15) is 23.8 Å². The number of furan rings is 1. The Morgan fingerprint density at radius 1 is 1.00 bits per heavy atom. The van der Waals surface area contributed by atoms with E-state index in [4.69, 9.17) is 9.15 Å². The van der Waals surface area contributed by atoms with E-state index in [9.17, 15) is 4.39 Å². The topological polar surface area (TPSA) is 22.4 Å². The van der Waals surface area contributed by atoms with E-state index >= 15 is 0 Å². The summed E-state index contributed by atoms with van der Waals surface area (Å²) in [5.41, 5.74) is 1.26. The third kappa shape index (κ3) is 1.95. The first-order valence-corrected chi connectivity index (χ1v) is 5.67. The minimum Gasteiger partial charge on any atom is -0.489 e. The van der Waals surface area contributed by atoms with Crippen LogP contribution in [0, 0.1) is 5.82 Å². The molecule has 0 N–H and O–H groups in total. The van der Waals surface area contributed by atoms with Crippen molar-refractivity contribution < 1.29 is 13.5 Å². The summed E-state index contributed by atoms with van der Waals surface area (Å²) in [5, 5.41) is 0.494. The van der Waals surface area contributed by atoms with Crippen molar-refractivity contribution >= 4 is 11.0 Å². The third-order valence-electron chi connectivity index (χ3n) is 2.76. The zero-order chi connectivity index (χ0) is 12.4. The van der Waals surface area contributed by atoms with Gasteiger partial charge in [-0.15, -0.1) is 0 Å². The summed E-state index contributed by atoms with van der Waals surface area (Å²) < 4.78 is 24.6. The van der Waals surface area contributed by atoms with E-state index < -0.39 is 0 Å². The fraction of sp³-hybridized carbons (Fsp3) is 0.0667. The quantitative estimate of drug-likeness (QED) is 0.688. The van der Waals surface area contributed by atoms with Crippen molar-refractivity contribution in [2.24, 2.45) is 0 Å². The molecule has 3 aromatic rings. The van der Waals surface area contributed by atoms with Crippen LogP contribution in [-0.2, 0) is 6.61 Å². The van der Waals surface area contributed by atoms with Gasteiger partial charge in [0.2, 0.25) is 0 Å². The first-order chi connectivity index (χ1) is 8.84. The van der Waals surface area contributed by atoms with Gasteiger partial charge in [0.05, 0.1) is 11.6 Å². The van der Waals surface area contributed by atoms with Crippen LogP contribution < -0.4 is 4.74 Å². The van der Waals surface area contributed by atoms with Crippen LogP contribution in [0.3, 0.4) is 0 Å². The van der Waals surface area contributed by atoms with Crippen LogP contribution >= 0.6 is 0 Å². The van der Waals surface area contributed by atoms with Crippen LogP contribution in [0.4, 0.5) is 4.39 Å². The Bertz CT molecular complexity index is 659. The number of fused-ring (bicyclic) bond motifs is 1. The van der Waals surface area contributed by atoms with Gasteiger partial charge in [-0.2, -0.15) is 0 Å². The average molecular weight is 242 g/mol. The highest BCUT2D eigenvalue weighted by molar-refractivity contribution is 5.81. The maximum Gasteiger partial charge on any atom is 0.137 e. The van der Waals surface area contributed by atoms with Gasteiger partial charge < -0.3 is 9.15 Å². The van der Waals surface area contributed by atoms with Crippen LogP contribution in [-0.4, -0.2) is 0 Å². The van der Waals surface area contributed by atoms with Crippen molar-refractivity contribution in [3.63, 3.8) is 0 Å². The highest BCUT2D eigenvalue weighted by atomic mass is 19.1. The molecule has 0 bridgehead atoms. The number of halogens is 1. The van der Waals surface area contributed by atoms with E-state index in [1.165, 1.54) is 12.3 Å². The van der Waals surface area contributed by atoms with Gasteiger partial charge in [0.25, 0.3) is 0 Å². The summed E-state index contributed by atoms with van der Waals surface area (Å²) in [7, 11) is 0. The van der Waals surface area contributed by atoms with Crippen molar-refractivity contribution in [2.75, 3.05) is 0 Å². The van der Waals surface area contributed by atoms with Crippen molar-refractivity contribution in [3.8, 4) is 5.75 Å². The molecule has 18 heavy (non-hydrogen) atoms.